The first-order chi connectivity index (χ1) is 15.1. The second-order valence-corrected chi connectivity index (χ2v) is 7.32. The summed E-state index contributed by atoms with van der Waals surface area (Å²) < 4.78 is 15.0. The third-order valence-corrected chi connectivity index (χ3v) is 5.31. The van der Waals surface area contributed by atoms with Crippen LogP contribution in [0.25, 0.3) is 16.8 Å². The van der Waals surface area contributed by atoms with E-state index >= 15 is 0 Å². The predicted octanol–water partition coefficient (Wildman–Crippen LogP) is 4.74. The molecule has 5 aromatic rings. The largest absolute Gasteiger partial charge is 0.382 e. The monoisotopic (exact) mass is 413 g/mol. The van der Waals surface area contributed by atoms with E-state index < -0.39 is 0 Å². The number of fused-ring (bicyclic) bond motifs is 1. The summed E-state index contributed by atoms with van der Waals surface area (Å²) in [5.74, 6) is 1.03. The van der Waals surface area contributed by atoms with Gasteiger partial charge >= 0.3 is 0 Å². The SMILES string of the molecule is C[C@@H](c1ccc(F)cc1)c1ccn2nc(Nc3cc(-c4ccccc4)[nH]n3)nc(N)c12. The standard InChI is InChI=1S/C23H20FN7/c1-14(15-7-9-17(24)10-8-15)18-11-12-31-21(18)22(25)27-23(30-31)26-20-13-19(28-29-20)16-5-3-2-4-6-16/h2-14H,1H3,(H4,25,26,27,28,29,30)/t14-/m0/s1. The smallest absolute Gasteiger partial charge is 0.248 e. The Hall–Kier alpha value is -4.20. The number of hydrogen-bond acceptors (Lipinski definition) is 5. The van der Waals surface area contributed by atoms with Crippen LogP contribution in [0.15, 0.2) is 72.9 Å². The normalized spacial score (nSPS) is 12.2. The molecular formula is C23H20FN7. The molecule has 0 aliphatic rings. The number of hydrogen-bond donors (Lipinski definition) is 3. The number of anilines is 3. The Morgan fingerprint density at radius 2 is 1.84 bits per heavy atom. The fourth-order valence-electron chi connectivity index (χ4n) is 3.68. The third kappa shape index (κ3) is 3.59. The van der Waals surface area contributed by atoms with Gasteiger partial charge in [-0.05, 0) is 34.9 Å². The van der Waals surface area contributed by atoms with Crippen LogP contribution in [0.2, 0.25) is 0 Å². The second-order valence-electron chi connectivity index (χ2n) is 7.32. The van der Waals surface area contributed by atoms with Crippen molar-refractivity contribution in [2.45, 2.75) is 12.8 Å². The Bertz CT molecular complexity index is 1340. The van der Waals surface area contributed by atoms with Crippen molar-refractivity contribution in [3.8, 4) is 11.3 Å². The molecule has 0 aliphatic heterocycles. The lowest BCUT2D eigenvalue weighted by molar-refractivity contribution is 0.626. The summed E-state index contributed by atoms with van der Waals surface area (Å²) in [6, 6.07) is 20.2. The Balaban J connectivity index is 1.43. The van der Waals surface area contributed by atoms with Crippen molar-refractivity contribution in [1.29, 1.82) is 0 Å². The zero-order chi connectivity index (χ0) is 21.4. The molecule has 0 saturated carbocycles. The van der Waals surface area contributed by atoms with Crippen molar-refractivity contribution < 1.29 is 4.39 Å². The van der Waals surface area contributed by atoms with E-state index in [-0.39, 0.29) is 11.7 Å². The minimum Gasteiger partial charge on any atom is -0.382 e. The quantitative estimate of drug-likeness (QED) is 0.387. The van der Waals surface area contributed by atoms with Gasteiger partial charge in [-0.1, -0.05) is 49.4 Å². The first-order valence-electron chi connectivity index (χ1n) is 9.86. The lowest BCUT2D eigenvalue weighted by Crippen LogP contribution is -2.07. The molecule has 3 aromatic heterocycles. The van der Waals surface area contributed by atoms with E-state index in [2.05, 4.69) is 25.6 Å². The van der Waals surface area contributed by atoms with E-state index in [0.717, 1.165) is 27.9 Å². The molecule has 0 unspecified atom stereocenters. The molecule has 0 amide bonds. The number of nitrogens with one attached hydrogen (secondary N) is 2. The molecule has 0 radical (unpaired) electrons. The highest BCUT2D eigenvalue weighted by Gasteiger charge is 2.17. The number of nitrogens with zero attached hydrogens (tertiary/aromatic N) is 4. The van der Waals surface area contributed by atoms with Crippen molar-refractivity contribution >= 4 is 23.1 Å². The van der Waals surface area contributed by atoms with Gasteiger partial charge in [0.2, 0.25) is 5.95 Å². The molecule has 154 valence electrons. The Morgan fingerprint density at radius 1 is 1.06 bits per heavy atom. The van der Waals surface area contributed by atoms with E-state index in [0.29, 0.717) is 17.6 Å². The van der Waals surface area contributed by atoms with Crippen LogP contribution in [-0.4, -0.2) is 24.8 Å². The van der Waals surface area contributed by atoms with E-state index in [4.69, 9.17) is 5.73 Å². The molecule has 7 nitrogen and oxygen atoms in total. The Kier molecular flexibility index (Phi) is 4.59. The van der Waals surface area contributed by atoms with Gasteiger partial charge in [-0.25, -0.2) is 8.91 Å². The average molecular weight is 413 g/mol. The van der Waals surface area contributed by atoms with Crippen molar-refractivity contribution in [1.82, 2.24) is 24.8 Å². The first-order valence-corrected chi connectivity index (χ1v) is 9.86. The number of halogens is 1. The molecule has 31 heavy (non-hydrogen) atoms. The van der Waals surface area contributed by atoms with Gasteiger partial charge in [0.05, 0.1) is 5.69 Å². The summed E-state index contributed by atoms with van der Waals surface area (Å²) in [4.78, 5) is 4.42. The summed E-state index contributed by atoms with van der Waals surface area (Å²) in [5.41, 5.74) is 10.9. The van der Waals surface area contributed by atoms with E-state index in [1.807, 2.05) is 55.6 Å². The van der Waals surface area contributed by atoms with Gasteiger partial charge < -0.3 is 11.1 Å². The first kappa shape index (κ1) is 18.8. The lowest BCUT2D eigenvalue weighted by Gasteiger charge is -2.12. The molecule has 0 saturated heterocycles. The molecule has 3 heterocycles. The van der Waals surface area contributed by atoms with Crippen molar-refractivity contribution in [3.05, 3.63) is 89.9 Å². The number of H-pyrrole nitrogens is 1. The number of nitrogen functional groups attached to an aromatic ring is 1. The van der Waals surface area contributed by atoms with Gasteiger partial charge in [0.15, 0.2) is 11.6 Å². The summed E-state index contributed by atoms with van der Waals surface area (Å²) in [6.07, 6.45) is 1.84. The zero-order valence-electron chi connectivity index (χ0n) is 16.7. The predicted molar refractivity (Wildman–Crippen MR) is 119 cm³/mol. The van der Waals surface area contributed by atoms with Crippen molar-refractivity contribution in [2.24, 2.45) is 0 Å². The van der Waals surface area contributed by atoms with Crippen LogP contribution in [0, 0.1) is 5.82 Å². The molecule has 0 bridgehead atoms. The highest BCUT2D eigenvalue weighted by Crippen LogP contribution is 2.31. The zero-order valence-corrected chi connectivity index (χ0v) is 16.7. The van der Waals surface area contributed by atoms with Crippen LogP contribution in [0.1, 0.15) is 24.0 Å². The Morgan fingerprint density at radius 3 is 2.61 bits per heavy atom. The van der Waals surface area contributed by atoms with Gasteiger partial charge in [-0.3, -0.25) is 5.10 Å². The molecule has 1 atom stereocenters. The van der Waals surface area contributed by atoms with Crippen molar-refractivity contribution in [2.75, 3.05) is 11.1 Å². The molecule has 2 aromatic carbocycles. The highest BCUT2D eigenvalue weighted by molar-refractivity contribution is 5.73. The van der Waals surface area contributed by atoms with Gasteiger partial charge in [0.1, 0.15) is 11.3 Å². The average Bonchev–Trinajstić information content (AvgIpc) is 3.42. The highest BCUT2D eigenvalue weighted by atomic mass is 19.1. The number of aromatic nitrogens is 5. The maximum absolute atomic E-state index is 13.3. The number of nitrogens with two attached hydrogens (primary N) is 1. The molecule has 0 spiro atoms. The number of benzene rings is 2. The number of aromatic amines is 1. The van der Waals surface area contributed by atoms with Crippen LogP contribution in [0.3, 0.4) is 0 Å². The minimum absolute atomic E-state index is 0.00933. The minimum atomic E-state index is -0.259. The fraction of sp³-hybridized carbons (Fsp3) is 0.0870. The molecule has 8 heteroatoms. The van der Waals surface area contributed by atoms with Crippen LogP contribution >= 0.6 is 0 Å². The molecule has 0 aliphatic carbocycles. The molecule has 0 fully saturated rings. The van der Waals surface area contributed by atoms with E-state index in [1.165, 1.54) is 12.1 Å². The molecule has 5 rings (SSSR count). The number of rotatable bonds is 5. The van der Waals surface area contributed by atoms with E-state index in [9.17, 15) is 4.39 Å². The van der Waals surface area contributed by atoms with Gasteiger partial charge in [0.25, 0.3) is 0 Å². The second kappa shape index (κ2) is 7.56. The van der Waals surface area contributed by atoms with E-state index in [1.54, 1.807) is 16.6 Å². The molecular weight excluding hydrogens is 393 g/mol. The maximum atomic E-state index is 13.3. The van der Waals surface area contributed by atoms with Gasteiger partial charge in [0, 0.05) is 18.2 Å². The van der Waals surface area contributed by atoms with Crippen LogP contribution in [-0.2, 0) is 0 Å². The third-order valence-electron chi connectivity index (χ3n) is 5.31. The van der Waals surface area contributed by atoms with Crippen molar-refractivity contribution in [3.63, 3.8) is 0 Å². The summed E-state index contributed by atoms with van der Waals surface area (Å²) in [5, 5.41) is 14.9. The van der Waals surface area contributed by atoms with Crippen LogP contribution < -0.4 is 11.1 Å². The van der Waals surface area contributed by atoms with Crippen LogP contribution in [0.5, 0.6) is 0 Å². The Labute approximate surface area is 177 Å². The van der Waals surface area contributed by atoms with Crippen LogP contribution in [0.4, 0.5) is 22.0 Å². The van der Waals surface area contributed by atoms with Gasteiger partial charge in [-0.15, -0.1) is 5.10 Å². The summed E-state index contributed by atoms with van der Waals surface area (Å²) >= 11 is 0. The molecule has 4 N–H and O–H groups in total. The fourth-order valence-corrected chi connectivity index (χ4v) is 3.68. The summed E-state index contributed by atoms with van der Waals surface area (Å²) in [7, 11) is 0. The topological polar surface area (TPSA) is 96.9 Å². The van der Waals surface area contributed by atoms with Gasteiger partial charge in [-0.2, -0.15) is 10.1 Å². The maximum Gasteiger partial charge on any atom is 0.248 e. The summed E-state index contributed by atoms with van der Waals surface area (Å²) in [6.45, 7) is 2.04. The lowest BCUT2D eigenvalue weighted by atomic mass is 9.94.